The maximum absolute atomic E-state index is 3.63. The lowest BCUT2D eigenvalue weighted by Crippen LogP contribution is -1.68. The molecule has 1 nitrogen and oxygen atoms in total. The SMILES string of the molecule is C=C/C(C)=C(/Br)N=C. The maximum Gasteiger partial charge on any atom is 0.108 e. The lowest BCUT2D eigenvalue weighted by atomic mass is 10.3. The van der Waals surface area contributed by atoms with Gasteiger partial charge in [0.25, 0.3) is 0 Å². The van der Waals surface area contributed by atoms with Crippen molar-refractivity contribution in [2.75, 3.05) is 0 Å². The zero-order chi connectivity index (χ0) is 6.57. The van der Waals surface area contributed by atoms with Gasteiger partial charge in [-0.2, -0.15) is 0 Å². The third-order valence-electron chi connectivity index (χ3n) is 0.770. The zero-order valence-corrected chi connectivity index (χ0v) is 6.40. The second-order valence-corrected chi connectivity index (χ2v) is 2.09. The Bertz CT molecular complexity index is 119. The number of halogens is 1. The predicted molar refractivity (Wildman–Crippen MR) is 41.4 cm³/mol. The van der Waals surface area contributed by atoms with E-state index in [1.807, 2.05) is 6.92 Å². The van der Waals surface area contributed by atoms with Gasteiger partial charge in [-0.1, -0.05) is 12.7 Å². The van der Waals surface area contributed by atoms with Crippen molar-refractivity contribution in [1.29, 1.82) is 0 Å². The topological polar surface area (TPSA) is 12.4 Å². The molecule has 0 saturated heterocycles. The largest absolute Gasteiger partial charge is 0.257 e. The van der Waals surface area contributed by atoms with Crippen LogP contribution in [0.4, 0.5) is 0 Å². The number of allylic oxidation sites excluding steroid dienone is 2. The summed E-state index contributed by atoms with van der Waals surface area (Å²) in [4.78, 5) is 3.63. The van der Waals surface area contributed by atoms with E-state index in [-0.39, 0.29) is 0 Å². The van der Waals surface area contributed by atoms with Crippen molar-refractivity contribution in [1.82, 2.24) is 0 Å². The fourth-order valence-corrected chi connectivity index (χ4v) is 0.371. The molecule has 0 aromatic heterocycles. The van der Waals surface area contributed by atoms with E-state index in [1.165, 1.54) is 0 Å². The minimum Gasteiger partial charge on any atom is -0.257 e. The molecule has 2 heteroatoms. The number of nitrogens with zero attached hydrogens (tertiary/aromatic N) is 1. The van der Waals surface area contributed by atoms with E-state index in [4.69, 9.17) is 0 Å². The first-order valence-corrected chi connectivity index (χ1v) is 2.97. The zero-order valence-electron chi connectivity index (χ0n) is 4.82. The molecule has 0 saturated carbocycles. The van der Waals surface area contributed by atoms with Crippen LogP contribution in [0.25, 0.3) is 0 Å². The summed E-state index contributed by atoms with van der Waals surface area (Å²) in [6, 6.07) is 0. The molecule has 0 spiro atoms. The molecule has 0 aromatic carbocycles. The van der Waals surface area contributed by atoms with Gasteiger partial charge in [0.05, 0.1) is 0 Å². The van der Waals surface area contributed by atoms with Crippen molar-refractivity contribution in [3.05, 3.63) is 22.8 Å². The first-order valence-electron chi connectivity index (χ1n) is 2.18. The Kier molecular flexibility index (Phi) is 3.44. The third-order valence-corrected chi connectivity index (χ3v) is 1.65. The van der Waals surface area contributed by atoms with Crippen LogP contribution in [-0.4, -0.2) is 6.72 Å². The molecule has 0 rings (SSSR count). The number of hydrogen-bond acceptors (Lipinski definition) is 1. The van der Waals surface area contributed by atoms with Crippen LogP contribution in [0.3, 0.4) is 0 Å². The van der Waals surface area contributed by atoms with Crippen molar-refractivity contribution in [2.24, 2.45) is 4.99 Å². The Balaban J connectivity index is 4.25. The summed E-state index contributed by atoms with van der Waals surface area (Å²) < 4.78 is 0.757. The Morgan fingerprint density at radius 3 is 2.38 bits per heavy atom. The highest BCUT2D eigenvalue weighted by Crippen LogP contribution is 2.11. The quantitative estimate of drug-likeness (QED) is 0.346. The summed E-state index contributed by atoms with van der Waals surface area (Å²) >= 11 is 3.18. The molecule has 0 unspecified atom stereocenters. The van der Waals surface area contributed by atoms with Gasteiger partial charge >= 0.3 is 0 Å². The van der Waals surface area contributed by atoms with Gasteiger partial charge in [0.1, 0.15) is 4.61 Å². The summed E-state index contributed by atoms with van der Waals surface area (Å²) in [5.74, 6) is 0. The normalized spacial score (nSPS) is 12.2. The first-order chi connectivity index (χ1) is 3.72. The molecule has 0 aromatic rings. The van der Waals surface area contributed by atoms with Crippen LogP contribution in [0.2, 0.25) is 0 Å². The molecular weight excluding hydrogens is 166 g/mol. The van der Waals surface area contributed by atoms with Gasteiger partial charge in [0, 0.05) is 0 Å². The fraction of sp³-hybridized carbons (Fsp3) is 0.167. The molecule has 0 aliphatic heterocycles. The van der Waals surface area contributed by atoms with Crippen molar-refractivity contribution < 1.29 is 0 Å². The van der Waals surface area contributed by atoms with Gasteiger partial charge in [0.15, 0.2) is 0 Å². The summed E-state index contributed by atoms with van der Waals surface area (Å²) in [5, 5.41) is 0. The van der Waals surface area contributed by atoms with E-state index in [1.54, 1.807) is 6.08 Å². The van der Waals surface area contributed by atoms with Gasteiger partial charge in [-0.05, 0) is 35.1 Å². The van der Waals surface area contributed by atoms with E-state index in [0.717, 1.165) is 10.2 Å². The molecule has 0 aliphatic carbocycles. The van der Waals surface area contributed by atoms with Crippen LogP contribution < -0.4 is 0 Å². The van der Waals surface area contributed by atoms with Gasteiger partial charge in [-0.25, -0.2) is 0 Å². The molecule has 0 atom stereocenters. The second kappa shape index (κ2) is 3.61. The van der Waals surface area contributed by atoms with Gasteiger partial charge < -0.3 is 0 Å². The van der Waals surface area contributed by atoms with Crippen LogP contribution in [0, 0.1) is 0 Å². The monoisotopic (exact) mass is 173 g/mol. The summed E-state index contributed by atoms with van der Waals surface area (Å²) in [7, 11) is 0. The highest BCUT2D eigenvalue weighted by molar-refractivity contribution is 9.11. The second-order valence-electron chi connectivity index (χ2n) is 1.34. The number of aliphatic imine (C=N–C) groups is 1. The standard InChI is InChI=1S/C6H8BrN/c1-4-5(2)6(7)8-3/h4H,1,3H2,2H3/b6-5-. The van der Waals surface area contributed by atoms with Crippen LogP contribution in [-0.2, 0) is 0 Å². The Morgan fingerprint density at radius 2 is 2.25 bits per heavy atom. The van der Waals surface area contributed by atoms with Crippen LogP contribution in [0.15, 0.2) is 27.8 Å². The molecule has 0 radical (unpaired) electrons. The number of rotatable bonds is 2. The highest BCUT2D eigenvalue weighted by atomic mass is 79.9. The Morgan fingerprint density at radius 1 is 1.75 bits per heavy atom. The van der Waals surface area contributed by atoms with Crippen molar-refractivity contribution in [3.8, 4) is 0 Å². The average molecular weight is 174 g/mol. The lowest BCUT2D eigenvalue weighted by molar-refractivity contribution is 1.42. The van der Waals surface area contributed by atoms with Crippen LogP contribution >= 0.6 is 15.9 Å². The smallest absolute Gasteiger partial charge is 0.108 e. The summed E-state index contributed by atoms with van der Waals surface area (Å²) in [6.07, 6.45) is 1.72. The first kappa shape index (κ1) is 7.63. The lowest BCUT2D eigenvalue weighted by Gasteiger charge is -1.89. The van der Waals surface area contributed by atoms with Crippen molar-refractivity contribution in [3.63, 3.8) is 0 Å². The molecule has 0 bridgehead atoms. The maximum atomic E-state index is 3.63. The van der Waals surface area contributed by atoms with Gasteiger partial charge in [-0.15, -0.1) is 0 Å². The molecule has 8 heavy (non-hydrogen) atoms. The average Bonchev–Trinajstić information content (AvgIpc) is 1.84. The van der Waals surface area contributed by atoms with E-state index >= 15 is 0 Å². The molecule has 0 heterocycles. The Hall–Kier alpha value is -0.370. The van der Waals surface area contributed by atoms with Crippen LogP contribution in [0.5, 0.6) is 0 Å². The molecular formula is C6H8BrN. The third kappa shape index (κ3) is 2.07. The van der Waals surface area contributed by atoms with Crippen molar-refractivity contribution >= 4 is 22.6 Å². The summed E-state index contributed by atoms with van der Waals surface area (Å²) in [5.41, 5.74) is 1.00. The molecule has 0 amide bonds. The molecule has 0 aliphatic rings. The minimum atomic E-state index is 0.757. The fourth-order valence-electron chi connectivity index (χ4n) is 0.209. The van der Waals surface area contributed by atoms with Crippen molar-refractivity contribution in [2.45, 2.75) is 6.92 Å². The molecule has 0 fully saturated rings. The molecule has 44 valence electrons. The predicted octanol–water partition coefficient (Wildman–Crippen LogP) is 2.50. The van der Waals surface area contributed by atoms with E-state index in [2.05, 4.69) is 34.2 Å². The Labute approximate surface area is 57.9 Å². The number of hydrogen-bond donors (Lipinski definition) is 0. The molecule has 0 N–H and O–H groups in total. The van der Waals surface area contributed by atoms with E-state index < -0.39 is 0 Å². The minimum absolute atomic E-state index is 0.757. The van der Waals surface area contributed by atoms with Gasteiger partial charge in [-0.3, -0.25) is 4.99 Å². The summed E-state index contributed by atoms with van der Waals surface area (Å²) in [6.45, 7) is 8.79. The van der Waals surface area contributed by atoms with E-state index in [9.17, 15) is 0 Å². The van der Waals surface area contributed by atoms with Crippen LogP contribution in [0.1, 0.15) is 6.92 Å². The van der Waals surface area contributed by atoms with Gasteiger partial charge in [0.2, 0.25) is 0 Å². The van der Waals surface area contributed by atoms with E-state index in [0.29, 0.717) is 0 Å². The highest BCUT2D eigenvalue weighted by Gasteiger charge is 1.86.